The van der Waals surface area contributed by atoms with E-state index >= 15 is 0 Å². The lowest BCUT2D eigenvalue weighted by molar-refractivity contribution is -0.140. The first-order valence-corrected chi connectivity index (χ1v) is 6.44. The lowest BCUT2D eigenvalue weighted by Gasteiger charge is -2.19. The third-order valence-electron chi connectivity index (χ3n) is 4.22. The van der Waals surface area contributed by atoms with E-state index in [1.165, 1.54) is 4.90 Å². The average molecular weight is 234 g/mol. The van der Waals surface area contributed by atoms with Crippen LogP contribution in [0.3, 0.4) is 0 Å². The number of amides is 2. The van der Waals surface area contributed by atoms with Crippen LogP contribution in [0.2, 0.25) is 0 Å². The number of rotatable bonds is 3. The van der Waals surface area contributed by atoms with E-state index in [9.17, 15) is 9.59 Å². The molecule has 2 aliphatic carbocycles. The molecule has 0 aromatic rings. The van der Waals surface area contributed by atoms with Crippen LogP contribution in [-0.2, 0) is 9.59 Å². The van der Waals surface area contributed by atoms with Crippen LogP contribution >= 0.6 is 0 Å². The normalized spacial score (nSPS) is 34.1. The van der Waals surface area contributed by atoms with Crippen molar-refractivity contribution in [1.29, 1.82) is 0 Å². The van der Waals surface area contributed by atoms with Crippen molar-refractivity contribution < 1.29 is 9.59 Å². The molecule has 1 unspecified atom stereocenters. The standard InChI is InChI=1S/C13H18N2O2/c14-11(8-5-6-8)7-15-12(16)9-3-1-2-4-10(9)13(15)17/h1-2,8-11H,3-7,14H2/t9-,10+,11?. The molecular weight excluding hydrogens is 216 g/mol. The minimum atomic E-state index is -0.112. The molecular formula is C13H18N2O2. The highest BCUT2D eigenvalue weighted by molar-refractivity contribution is 6.05. The second-order valence-corrected chi connectivity index (χ2v) is 5.44. The molecule has 0 aromatic carbocycles. The van der Waals surface area contributed by atoms with Crippen LogP contribution in [0.15, 0.2) is 12.2 Å². The first-order valence-electron chi connectivity index (χ1n) is 6.44. The lowest BCUT2D eigenvalue weighted by atomic mass is 9.85. The van der Waals surface area contributed by atoms with Crippen molar-refractivity contribution in [3.05, 3.63) is 12.2 Å². The Kier molecular flexibility index (Phi) is 2.54. The van der Waals surface area contributed by atoms with E-state index in [0.29, 0.717) is 25.3 Å². The maximum absolute atomic E-state index is 12.1. The van der Waals surface area contributed by atoms with Crippen molar-refractivity contribution in [2.24, 2.45) is 23.5 Å². The number of hydrogen-bond acceptors (Lipinski definition) is 3. The first-order chi connectivity index (χ1) is 8.18. The van der Waals surface area contributed by atoms with Gasteiger partial charge in [0.05, 0.1) is 11.8 Å². The molecule has 1 saturated carbocycles. The van der Waals surface area contributed by atoms with Crippen molar-refractivity contribution in [1.82, 2.24) is 4.90 Å². The number of nitrogens with zero attached hydrogens (tertiary/aromatic N) is 1. The highest BCUT2D eigenvalue weighted by atomic mass is 16.2. The van der Waals surface area contributed by atoms with Crippen LogP contribution in [0.5, 0.6) is 0 Å². The van der Waals surface area contributed by atoms with Crippen LogP contribution in [0.4, 0.5) is 0 Å². The summed E-state index contributed by atoms with van der Waals surface area (Å²) in [7, 11) is 0. The Morgan fingerprint density at radius 1 is 1.18 bits per heavy atom. The predicted octanol–water partition coefficient (Wildman–Crippen LogP) is 0.675. The van der Waals surface area contributed by atoms with Crippen molar-refractivity contribution in [3.63, 3.8) is 0 Å². The predicted molar refractivity (Wildman–Crippen MR) is 62.8 cm³/mol. The molecule has 3 aliphatic rings. The maximum atomic E-state index is 12.1. The summed E-state index contributed by atoms with van der Waals surface area (Å²) in [5, 5.41) is 0. The smallest absolute Gasteiger partial charge is 0.233 e. The quantitative estimate of drug-likeness (QED) is 0.577. The maximum Gasteiger partial charge on any atom is 0.233 e. The molecule has 17 heavy (non-hydrogen) atoms. The van der Waals surface area contributed by atoms with Crippen LogP contribution in [0.1, 0.15) is 25.7 Å². The van der Waals surface area contributed by atoms with Gasteiger partial charge in [-0.3, -0.25) is 14.5 Å². The largest absolute Gasteiger partial charge is 0.326 e. The number of fused-ring (bicyclic) bond motifs is 1. The van der Waals surface area contributed by atoms with Gasteiger partial charge >= 0.3 is 0 Å². The minimum absolute atomic E-state index is 0.000417. The Hall–Kier alpha value is -1.16. The van der Waals surface area contributed by atoms with Gasteiger partial charge in [-0.2, -0.15) is 0 Å². The summed E-state index contributed by atoms with van der Waals surface area (Å²) in [5.74, 6) is 0.301. The molecule has 3 atom stereocenters. The van der Waals surface area contributed by atoms with Gasteiger partial charge in [-0.15, -0.1) is 0 Å². The van der Waals surface area contributed by atoms with E-state index in [1.807, 2.05) is 12.2 Å². The zero-order chi connectivity index (χ0) is 12.0. The van der Waals surface area contributed by atoms with Gasteiger partial charge in [0.1, 0.15) is 0 Å². The third kappa shape index (κ3) is 1.80. The summed E-state index contributed by atoms with van der Waals surface area (Å²) in [5.41, 5.74) is 6.01. The van der Waals surface area contributed by atoms with Crippen LogP contribution in [-0.4, -0.2) is 29.3 Å². The Labute approximate surface area is 101 Å². The summed E-state index contributed by atoms with van der Waals surface area (Å²) >= 11 is 0. The Morgan fingerprint density at radius 2 is 1.71 bits per heavy atom. The van der Waals surface area contributed by atoms with E-state index in [1.54, 1.807) is 0 Å². The van der Waals surface area contributed by atoms with Gasteiger partial charge in [-0.25, -0.2) is 0 Å². The zero-order valence-electron chi connectivity index (χ0n) is 9.84. The second-order valence-electron chi connectivity index (χ2n) is 5.44. The van der Waals surface area contributed by atoms with E-state index < -0.39 is 0 Å². The molecule has 1 aliphatic heterocycles. The van der Waals surface area contributed by atoms with Crippen molar-refractivity contribution in [2.45, 2.75) is 31.7 Å². The average Bonchev–Trinajstić information content (AvgIpc) is 3.15. The molecule has 2 fully saturated rings. The molecule has 4 heteroatoms. The molecule has 0 aromatic heterocycles. The second kappa shape index (κ2) is 3.95. The molecule has 1 heterocycles. The number of hydrogen-bond donors (Lipinski definition) is 1. The fraction of sp³-hybridized carbons (Fsp3) is 0.692. The zero-order valence-corrected chi connectivity index (χ0v) is 9.84. The molecule has 1 saturated heterocycles. The fourth-order valence-corrected chi connectivity index (χ4v) is 2.93. The van der Waals surface area contributed by atoms with Crippen molar-refractivity contribution in [3.8, 4) is 0 Å². The van der Waals surface area contributed by atoms with Crippen LogP contribution in [0, 0.1) is 17.8 Å². The molecule has 0 spiro atoms. The van der Waals surface area contributed by atoms with Crippen molar-refractivity contribution in [2.75, 3.05) is 6.54 Å². The SMILES string of the molecule is NC(CN1C(=O)[C@H]2CC=CC[C@H]2C1=O)C1CC1. The highest BCUT2D eigenvalue weighted by Gasteiger charge is 2.48. The van der Waals surface area contributed by atoms with Gasteiger partial charge in [0.2, 0.25) is 11.8 Å². The van der Waals surface area contributed by atoms with E-state index in [0.717, 1.165) is 12.8 Å². The number of allylic oxidation sites excluding steroid dienone is 2. The summed E-state index contributed by atoms with van der Waals surface area (Å²) in [6.45, 7) is 0.426. The summed E-state index contributed by atoms with van der Waals surface area (Å²) in [4.78, 5) is 25.7. The van der Waals surface area contributed by atoms with Gasteiger partial charge in [0.25, 0.3) is 0 Å². The topological polar surface area (TPSA) is 63.4 Å². The first kappa shape index (κ1) is 11.0. The van der Waals surface area contributed by atoms with E-state index in [-0.39, 0.29) is 29.7 Å². The number of nitrogens with two attached hydrogens (primary N) is 1. The van der Waals surface area contributed by atoms with E-state index in [2.05, 4.69) is 0 Å². The number of likely N-dealkylation sites (tertiary alicyclic amines) is 1. The molecule has 0 bridgehead atoms. The van der Waals surface area contributed by atoms with Gasteiger partial charge in [-0.05, 0) is 31.6 Å². The summed E-state index contributed by atoms with van der Waals surface area (Å²) in [6.07, 6.45) is 7.74. The number of imide groups is 1. The summed E-state index contributed by atoms with van der Waals surface area (Å²) < 4.78 is 0. The van der Waals surface area contributed by atoms with E-state index in [4.69, 9.17) is 5.73 Å². The molecule has 92 valence electrons. The molecule has 2 amide bonds. The minimum Gasteiger partial charge on any atom is -0.326 e. The molecule has 2 N–H and O–H groups in total. The monoisotopic (exact) mass is 234 g/mol. The molecule has 4 nitrogen and oxygen atoms in total. The summed E-state index contributed by atoms with van der Waals surface area (Å²) in [6, 6.07) is -0.0176. The number of carbonyl (C=O) groups excluding carboxylic acids is 2. The lowest BCUT2D eigenvalue weighted by Crippen LogP contribution is -2.42. The van der Waals surface area contributed by atoms with Crippen molar-refractivity contribution >= 4 is 11.8 Å². The van der Waals surface area contributed by atoms with Gasteiger partial charge < -0.3 is 5.73 Å². The Balaban J connectivity index is 1.72. The molecule has 0 radical (unpaired) electrons. The highest BCUT2D eigenvalue weighted by Crippen LogP contribution is 2.37. The fourth-order valence-electron chi connectivity index (χ4n) is 2.93. The Bertz CT molecular complexity index is 361. The van der Waals surface area contributed by atoms with Crippen LogP contribution in [0.25, 0.3) is 0 Å². The Morgan fingerprint density at radius 3 is 2.18 bits per heavy atom. The van der Waals surface area contributed by atoms with Gasteiger partial charge in [0.15, 0.2) is 0 Å². The third-order valence-corrected chi connectivity index (χ3v) is 4.22. The number of carbonyl (C=O) groups is 2. The van der Waals surface area contributed by atoms with Crippen LogP contribution < -0.4 is 5.73 Å². The van der Waals surface area contributed by atoms with Gasteiger partial charge in [0, 0.05) is 12.6 Å². The van der Waals surface area contributed by atoms with Gasteiger partial charge in [-0.1, -0.05) is 12.2 Å². The molecule has 3 rings (SSSR count).